The maximum atomic E-state index is 11.4. The molecule has 1 heterocycles. The molecule has 0 aromatic heterocycles. The Morgan fingerprint density at radius 3 is 2.81 bits per heavy atom. The van der Waals surface area contributed by atoms with Crippen LogP contribution in [0.3, 0.4) is 0 Å². The van der Waals surface area contributed by atoms with E-state index in [4.69, 9.17) is 4.84 Å². The van der Waals surface area contributed by atoms with Gasteiger partial charge >= 0.3 is 0 Å². The number of hydrogen-bond donors (Lipinski definition) is 0. The second kappa shape index (κ2) is 6.03. The van der Waals surface area contributed by atoms with Crippen molar-refractivity contribution in [3.63, 3.8) is 0 Å². The van der Waals surface area contributed by atoms with Crippen LogP contribution in [-0.2, 0) is 16.1 Å². The molecule has 128 valence electrons. The Bertz CT molecular complexity index is 1080. The highest BCUT2D eigenvalue weighted by molar-refractivity contribution is 6.08. The highest BCUT2D eigenvalue weighted by Gasteiger charge is 2.29. The monoisotopic (exact) mass is 341 g/mol. The molecular weight excluding hydrogens is 322 g/mol. The van der Waals surface area contributed by atoms with Crippen LogP contribution in [0.25, 0.3) is 21.5 Å². The Morgan fingerprint density at radius 1 is 1.00 bits per heavy atom. The lowest BCUT2D eigenvalue weighted by Crippen LogP contribution is -2.27. The molecular formula is C23H19NO2. The number of fused-ring (bicyclic) bond motifs is 5. The first-order valence-corrected chi connectivity index (χ1v) is 9.08. The third-order valence-corrected chi connectivity index (χ3v) is 5.60. The van der Waals surface area contributed by atoms with E-state index >= 15 is 0 Å². The lowest BCUT2D eigenvalue weighted by molar-refractivity contribution is -0.145. The smallest absolute Gasteiger partial charge is 0.247 e. The van der Waals surface area contributed by atoms with Gasteiger partial charge in [0, 0.05) is 5.92 Å². The minimum atomic E-state index is 0.185. The SMILES string of the molecule is O=CN1OC=CC=C1C1CCCc2c1ccc1c2ccc2ccccc21. The lowest BCUT2D eigenvalue weighted by Gasteiger charge is -2.32. The minimum absolute atomic E-state index is 0.185. The zero-order valence-electron chi connectivity index (χ0n) is 14.4. The van der Waals surface area contributed by atoms with Crippen LogP contribution in [0.4, 0.5) is 0 Å². The molecule has 0 fully saturated rings. The molecule has 1 aliphatic carbocycles. The van der Waals surface area contributed by atoms with E-state index in [1.54, 1.807) is 0 Å². The predicted molar refractivity (Wildman–Crippen MR) is 103 cm³/mol. The maximum absolute atomic E-state index is 11.4. The van der Waals surface area contributed by atoms with Crippen molar-refractivity contribution in [3.05, 3.63) is 83.8 Å². The highest BCUT2D eigenvalue weighted by atomic mass is 16.7. The van der Waals surface area contributed by atoms with Gasteiger partial charge in [0.15, 0.2) is 0 Å². The van der Waals surface area contributed by atoms with Crippen LogP contribution < -0.4 is 0 Å². The molecule has 0 bridgehead atoms. The van der Waals surface area contributed by atoms with Gasteiger partial charge in [0.05, 0.1) is 5.70 Å². The summed E-state index contributed by atoms with van der Waals surface area (Å²) in [5.41, 5.74) is 3.64. The molecule has 26 heavy (non-hydrogen) atoms. The van der Waals surface area contributed by atoms with Crippen molar-refractivity contribution in [2.24, 2.45) is 0 Å². The number of carbonyl (C=O) groups excluding carboxylic acids is 1. The number of hydroxylamine groups is 2. The summed E-state index contributed by atoms with van der Waals surface area (Å²) in [4.78, 5) is 16.8. The zero-order valence-corrected chi connectivity index (χ0v) is 14.4. The standard InChI is InChI=1S/C23H19NO2/c25-15-24-23(9-4-14-26-24)22-8-3-7-18-20-11-10-16-5-1-2-6-17(16)19(20)12-13-21(18)22/h1-2,4-6,9-15,22H,3,7-8H2. The van der Waals surface area contributed by atoms with Crippen LogP contribution in [0.2, 0.25) is 0 Å². The van der Waals surface area contributed by atoms with E-state index in [1.807, 2.05) is 12.2 Å². The topological polar surface area (TPSA) is 29.5 Å². The van der Waals surface area contributed by atoms with E-state index in [9.17, 15) is 4.79 Å². The van der Waals surface area contributed by atoms with Gasteiger partial charge in [-0.05, 0) is 64.1 Å². The van der Waals surface area contributed by atoms with Crippen molar-refractivity contribution >= 4 is 28.0 Å². The zero-order chi connectivity index (χ0) is 17.5. The van der Waals surface area contributed by atoms with Crippen LogP contribution in [0, 0.1) is 0 Å². The van der Waals surface area contributed by atoms with Crippen molar-refractivity contribution in [3.8, 4) is 0 Å². The van der Waals surface area contributed by atoms with Crippen molar-refractivity contribution in [2.75, 3.05) is 0 Å². The molecule has 3 aromatic rings. The lowest BCUT2D eigenvalue weighted by atomic mass is 9.78. The number of allylic oxidation sites excluding steroid dienone is 3. The summed E-state index contributed by atoms with van der Waals surface area (Å²) in [6.45, 7) is 0. The normalized spacial score (nSPS) is 19.2. The largest absolute Gasteiger partial charge is 0.380 e. The third-order valence-electron chi connectivity index (χ3n) is 5.60. The van der Waals surface area contributed by atoms with Gasteiger partial charge in [-0.2, -0.15) is 0 Å². The molecule has 2 aliphatic rings. The molecule has 0 spiro atoms. The van der Waals surface area contributed by atoms with Gasteiger partial charge < -0.3 is 4.84 Å². The van der Waals surface area contributed by atoms with Crippen molar-refractivity contribution in [1.29, 1.82) is 0 Å². The second-order valence-electron chi connectivity index (χ2n) is 6.92. The first kappa shape index (κ1) is 15.2. The van der Waals surface area contributed by atoms with E-state index in [0.717, 1.165) is 31.4 Å². The Balaban J connectivity index is 1.71. The van der Waals surface area contributed by atoms with Gasteiger partial charge in [0.2, 0.25) is 6.41 Å². The highest BCUT2D eigenvalue weighted by Crippen LogP contribution is 2.42. The fraction of sp³-hybridized carbons (Fsp3) is 0.174. The van der Waals surface area contributed by atoms with Crippen LogP contribution >= 0.6 is 0 Å². The summed E-state index contributed by atoms with van der Waals surface area (Å²) >= 11 is 0. The molecule has 1 aliphatic heterocycles. The molecule has 1 amide bonds. The Morgan fingerprint density at radius 2 is 1.88 bits per heavy atom. The number of aryl methyl sites for hydroxylation is 1. The first-order valence-electron chi connectivity index (χ1n) is 9.08. The molecule has 1 atom stereocenters. The van der Waals surface area contributed by atoms with E-state index < -0.39 is 0 Å². The van der Waals surface area contributed by atoms with E-state index in [2.05, 4.69) is 48.5 Å². The Labute approximate surface area is 152 Å². The number of benzene rings is 3. The van der Waals surface area contributed by atoms with Crippen LogP contribution in [-0.4, -0.2) is 11.5 Å². The molecule has 0 saturated heterocycles. The van der Waals surface area contributed by atoms with Gasteiger partial charge in [-0.15, -0.1) is 5.06 Å². The van der Waals surface area contributed by atoms with Gasteiger partial charge in [-0.1, -0.05) is 48.5 Å². The Kier molecular flexibility index (Phi) is 3.52. The predicted octanol–water partition coefficient (Wildman–Crippen LogP) is 5.21. The van der Waals surface area contributed by atoms with E-state index in [1.165, 1.54) is 44.0 Å². The van der Waals surface area contributed by atoms with Crippen molar-refractivity contribution in [1.82, 2.24) is 5.06 Å². The summed E-state index contributed by atoms with van der Waals surface area (Å²) in [7, 11) is 0. The summed E-state index contributed by atoms with van der Waals surface area (Å²) in [6.07, 6.45) is 9.34. The summed E-state index contributed by atoms with van der Waals surface area (Å²) < 4.78 is 0. The quantitative estimate of drug-likeness (QED) is 0.473. The van der Waals surface area contributed by atoms with Crippen LogP contribution in [0.5, 0.6) is 0 Å². The number of hydrogen-bond acceptors (Lipinski definition) is 2. The average Bonchev–Trinajstić information content (AvgIpc) is 2.72. The van der Waals surface area contributed by atoms with Gasteiger partial charge in [-0.25, -0.2) is 0 Å². The first-order chi connectivity index (χ1) is 12.9. The number of amides is 1. The average molecular weight is 341 g/mol. The van der Waals surface area contributed by atoms with Gasteiger partial charge in [-0.3, -0.25) is 4.79 Å². The molecule has 3 heteroatoms. The van der Waals surface area contributed by atoms with Crippen LogP contribution in [0.15, 0.2) is 72.6 Å². The van der Waals surface area contributed by atoms with Gasteiger partial charge in [0.1, 0.15) is 6.26 Å². The number of rotatable bonds is 2. The molecule has 1 unspecified atom stereocenters. The third kappa shape index (κ3) is 2.24. The van der Waals surface area contributed by atoms with Crippen molar-refractivity contribution in [2.45, 2.75) is 25.2 Å². The Hall–Kier alpha value is -3.07. The maximum Gasteiger partial charge on any atom is 0.247 e. The molecule has 0 radical (unpaired) electrons. The number of carbonyl (C=O) groups is 1. The molecule has 3 nitrogen and oxygen atoms in total. The summed E-state index contributed by atoms with van der Waals surface area (Å²) in [5.74, 6) is 0.185. The number of nitrogens with zero attached hydrogens (tertiary/aromatic N) is 1. The molecule has 0 N–H and O–H groups in total. The fourth-order valence-electron chi connectivity index (χ4n) is 4.45. The van der Waals surface area contributed by atoms with Crippen LogP contribution in [0.1, 0.15) is 29.9 Å². The molecule has 3 aromatic carbocycles. The molecule has 5 rings (SSSR count). The van der Waals surface area contributed by atoms with E-state index in [0.29, 0.717) is 0 Å². The van der Waals surface area contributed by atoms with Crippen molar-refractivity contribution < 1.29 is 9.63 Å². The van der Waals surface area contributed by atoms with E-state index in [-0.39, 0.29) is 5.92 Å². The summed E-state index contributed by atoms with van der Waals surface area (Å²) in [6, 6.07) is 17.5. The fourth-order valence-corrected chi connectivity index (χ4v) is 4.45. The summed E-state index contributed by atoms with van der Waals surface area (Å²) in [5, 5.41) is 6.56. The van der Waals surface area contributed by atoms with Gasteiger partial charge in [0.25, 0.3) is 0 Å². The second-order valence-corrected chi connectivity index (χ2v) is 6.92. The molecule has 0 saturated carbocycles. The minimum Gasteiger partial charge on any atom is -0.380 e.